The Balaban J connectivity index is 2.11. The number of hydrogen-bond acceptors (Lipinski definition) is 4. The molecule has 0 saturated carbocycles. The maximum Gasteiger partial charge on any atom is 0.255 e. The topological polar surface area (TPSA) is 76.7 Å². The normalized spacial score (nSPS) is 9.55. The maximum absolute atomic E-state index is 12.2. The van der Waals surface area contributed by atoms with E-state index in [1.54, 1.807) is 24.3 Å². The van der Waals surface area contributed by atoms with E-state index in [2.05, 4.69) is 11.4 Å². The summed E-state index contributed by atoms with van der Waals surface area (Å²) in [5.41, 5.74) is 1.74. The lowest BCUT2D eigenvalue weighted by Gasteiger charge is -2.10. The van der Waals surface area contributed by atoms with Crippen LogP contribution in [0.4, 0.5) is 5.69 Å². The number of nitrogens with one attached hydrogen (secondary N) is 1. The number of nitrogens with zero attached hydrogens (tertiary/aromatic N) is 2. The zero-order valence-corrected chi connectivity index (χ0v) is 12.6. The Bertz CT molecular complexity index is 742. The average Bonchev–Trinajstić information content (AvgIpc) is 2.56. The molecular formula is C17H13N3OS. The van der Waals surface area contributed by atoms with Crippen molar-refractivity contribution in [1.82, 2.24) is 0 Å². The van der Waals surface area contributed by atoms with Gasteiger partial charge < -0.3 is 5.32 Å². The van der Waals surface area contributed by atoms with Crippen molar-refractivity contribution in [1.29, 1.82) is 10.5 Å². The molecule has 22 heavy (non-hydrogen) atoms. The number of carbonyl (C=O) groups excluding carboxylic acids is 1. The fourth-order valence-electron chi connectivity index (χ4n) is 1.79. The smallest absolute Gasteiger partial charge is 0.255 e. The third kappa shape index (κ3) is 4.12. The molecule has 0 aromatic heterocycles. The number of benzene rings is 2. The van der Waals surface area contributed by atoms with Crippen LogP contribution in [0.3, 0.4) is 0 Å². The Hall–Kier alpha value is -2.76. The molecule has 0 radical (unpaired) electrons. The molecule has 2 aromatic carbocycles. The number of hydrogen-bond donors (Lipinski definition) is 1. The van der Waals surface area contributed by atoms with Crippen molar-refractivity contribution in [2.24, 2.45) is 0 Å². The third-order valence-electron chi connectivity index (χ3n) is 2.88. The lowest BCUT2D eigenvalue weighted by Crippen LogP contribution is -2.12. The van der Waals surface area contributed by atoms with Crippen LogP contribution in [-0.4, -0.2) is 11.7 Å². The molecule has 0 spiro atoms. The first kappa shape index (κ1) is 15.6. The molecule has 0 saturated heterocycles. The summed E-state index contributed by atoms with van der Waals surface area (Å²) in [6, 6.07) is 18.1. The van der Waals surface area contributed by atoms with Crippen LogP contribution in [0, 0.1) is 22.7 Å². The molecule has 108 valence electrons. The molecule has 0 fully saturated rings. The fourth-order valence-corrected chi connectivity index (χ4v) is 2.66. The summed E-state index contributed by atoms with van der Waals surface area (Å²) in [6.07, 6.45) is 0.461. The summed E-state index contributed by atoms with van der Waals surface area (Å²) < 4.78 is 0. The highest BCUT2D eigenvalue weighted by Crippen LogP contribution is 2.27. The second-order valence-corrected chi connectivity index (χ2v) is 5.53. The van der Waals surface area contributed by atoms with Gasteiger partial charge in [0.2, 0.25) is 0 Å². The van der Waals surface area contributed by atoms with Crippen LogP contribution in [0.1, 0.15) is 22.3 Å². The molecule has 0 unspecified atom stereocenters. The van der Waals surface area contributed by atoms with E-state index >= 15 is 0 Å². The highest BCUT2D eigenvalue weighted by molar-refractivity contribution is 7.99. The zero-order chi connectivity index (χ0) is 15.8. The van der Waals surface area contributed by atoms with Crippen molar-refractivity contribution in [3.05, 3.63) is 59.7 Å². The second kappa shape index (κ2) is 7.87. The van der Waals surface area contributed by atoms with E-state index in [0.29, 0.717) is 23.3 Å². The van der Waals surface area contributed by atoms with Gasteiger partial charge in [0.1, 0.15) is 0 Å². The Morgan fingerprint density at radius 2 is 1.82 bits per heavy atom. The number of rotatable bonds is 5. The number of para-hydroxylation sites is 1. The third-order valence-corrected chi connectivity index (χ3v) is 3.96. The highest BCUT2D eigenvalue weighted by Gasteiger charge is 2.09. The van der Waals surface area contributed by atoms with Gasteiger partial charge in [-0.3, -0.25) is 4.79 Å². The first-order valence-corrected chi connectivity index (χ1v) is 7.63. The predicted molar refractivity (Wildman–Crippen MR) is 86.5 cm³/mol. The summed E-state index contributed by atoms with van der Waals surface area (Å²) in [5.74, 6) is 0.457. The molecule has 4 nitrogen and oxygen atoms in total. The molecule has 1 N–H and O–H groups in total. The number of anilines is 1. The number of nitriles is 2. The Labute approximate surface area is 133 Å². The molecule has 1 amide bonds. The van der Waals surface area contributed by atoms with E-state index in [1.165, 1.54) is 11.8 Å². The van der Waals surface area contributed by atoms with E-state index in [-0.39, 0.29) is 5.91 Å². The lowest BCUT2D eigenvalue weighted by molar-refractivity contribution is 0.102. The van der Waals surface area contributed by atoms with Gasteiger partial charge in [-0.15, -0.1) is 11.8 Å². The first-order chi connectivity index (χ1) is 10.7. The molecular weight excluding hydrogens is 294 g/mol. The van der Waals surface area contributed by atoms with E-state index in [0.717, 1.165) is 10.6 Å². The molecule has 0 bridgehead atoms. The van der Waals surface area contributed by atoms with Crippen molar-refractivity contribution in [2.75, 3.05) is 11.1 Å². The molecule has 0 aliphatic carbocycles. The van der Waals surface area contributed by atoms with Gasteiger partial charge >= 0.3 is 0 Å². The summed E-state index contributed by atoms with van der Waals surface area (Å²) in [7, 11) is 0. The molecule has 0 aliphatic rings. The van der Waals surface area contributed by atoms with Crippen LogP contribution < -0.4 is 5.32 Å². The van der Waals surface area contributed by atoms with Crippen molar-refractivity contribution < 1.29 is 4.79 Å². The molecule has 0 atom stereocenters. The van der Waals surface area contributed by atoms with E-state index in [1.807, 2.05) is 30.3 Å². The van der Waals surface area contributed by atoms with Crippen molar-refractivity contribution >= 4 is 23.4 Å². The molecule has 0 heterocycles. The summed E-state index contributed by atoms with van der Waals surface area (Å²) >= 11 is 1.53. The van der Waals surface area contributed by atoms with Crippen LogP contribution in [-0.2, 0) is 0 Å². The summed E-state index contributed by atoms with van der Waals surface area (Å²) in [4.78, 5) is 13.2. The number of thioether (sulfide) groups is 1. The van der Waals surface area contributed by atoms with Gasteiger partial charge in [-0.25, -0.2) is 0 Å². The Morgan fingerprint density at radius 1 is 1.09 bits per heavy atom. The van der Waals surface area contributed by atoms with Gasteiger partial charge in [0.15, 0.2) is 0 Å². The van der Waals surface area contributed by atoms with Gasteiger partial charge in [0.05, 0.1) is 23.4 Å². The van der Waals surface area contributed by atoms with Crippen LogP contribution in [0.2, 0.25) is 0 Å². The number of amides is 1. The highest BCUT2D eigenvalue weighted by atomic mass is 32.2. The van der Waals surface area contributed by atoms with Crippen LogP contribution in [0.25, 0.3) is 0 Å². The van der Waals surface area contributed by atoms with Gasteiger partial charge in [0, 0.05) is 22.6 Å². The molecule has 2 aromatic rings. The Kier molecular flexibility index (Phi) is 5.59. The average molecular weight is 307 g/mol. The van der Waals surface area contributed by atoms with Crippen LogP contribution in [0.5, 0.6) is 0 Å². The van der Waals surface area contributed by atoms with Crippen LogP contribution >= 0.6 is 11.8 Å². The number of carbonyl (C=O) groups is 1. The summed E-state index contributed by atoms with van der Waals surface area (Å²) in [5, 5.41) is 20.2. The molecule has 2 rings (SSSR count). The zero-order valence-electron chi connectivity index (χ0n) is 11.7. The van der Waals surface area contributed by atoms with Gasteiger partial charge in [-0.1, -0.05) is 12.1 Å². The van der Waals surface area contributed by atoms with Crippen LogP contribution in [0.15, 0.2) is 53.4 Å². The van der Waals surface area contributed by atoms with Crippen molar-refractivity contribution in [3.63, 3.8) is 0 Å². The fraction of sp³-hybridized carbons (Fsp3) is 0.118. The summed E-state index contributed by atoms with van der Waals surface area (Å²) in [6.45, 7) is 0. The standard InChI is InChI=1S/C17H13N3OS/c18-10-3-11-22-16-5-2-1-4-15(16)20-17(21)14-8-6-13(12-19)7-9-14/h1-2,4-9H,3,11H2,(H,20,21). The predicted octanol–water partition coefficient (Wildman–Crippen LogP) is 3.82. The Morgan fingerprint density at radius 3 is 2.50 bits per heavy atom. The van der Waals surface area contributed by atoms with E-state index < -0.39 is 0 Å². The maximum atomic E-state index is 12.2. The van der Waals surface area contributed by atoms with Gasteiger partial charge in [0.25, 0.3) is 5.91 Å². The minimum Gasteiger partial charge on any atom is -0.321 e. The minimum atomic E-state index is -0.224. The SMILES string of the molecule is N#CCCSc1ccccc1NC(=O)c1ccc(C#N)cc1. The quantitative estimate of drug-likeness (QED) is 0.673. The first-order valence-electron chi connectivity index (χ1n) is 6.65. The molecule has 0 aliphatic heterocycles. The van der Waals surface area contributed by atoms with Crippen molar-refractivity contribution in [3.8, 4) is 12.1 Å². The van der Waals surface area contributed by atoms with Gasteiger partial charge in [-0.2, -0.15) is 10.5 Å². The largest absolute Gasteiger partial charge is 0.321 e. The molecule has 5 heteroatoms. The monoisotopic (exact) mass is 307 g/mol. The van der Waals surface area contributed by atoms with Gasteiger partial charge in [-0.05, 0) is 36.4 Å². The van der Waals surface area contributed by atoms with E-state index in [9.17, 15) is 4.79 Å². The lowest BCUT2D eigenvalue weighted by atomic mass is 10.1. The second-order valence-electron chi connectivity index (χ2n) is 4.40. The van der Waals surface area contributed by atoms with E-state index in [4.69, 9.17) is 10.5 Å². The minimum absolute atomic E-state index is 0.224. The van der Waals surface area contributed by atoms with Crippen molar-refractivity contribution in [2.45, 2.75) is 11.3 Å².